The summed E-state index contributed by atoms with van der Waals surface area (Å²) in [5.41, 5.74) is 0.00141. The second kappa shape index (κ2) is 6.94. The van der Waals surface area contributed by atoms with E-state index in [0.29, 0.717) is 18.9 Å². The summed E-state index contributed by atoms with van der Waals surface area (Å²) in [6.07, 6.45) is 0.890. The van der Waals surface area contributed by atoms with Gasteiger partial charge in [-0.1, -0.05) is 0 Å². The SMILES string of the molecule is COc1cc(F)c(C(=O)N2CCOC3CCN(C)CC32)cc1OC. The molecule has 24 heavy (non-hydrogen) atoms. The summed E-state index contributed by atoms with van der Waals surface area (Å²) in [7, 11) is 4.92. The summed E-state index contributed by atoms with van der Waals surface area (Å²) in [5.74, 6) is -0.330. The van der Waals surface area contributed by atoms with Gasteiger partial charge < -0.3 is 24.0 Å². The van der Waals surface area contributed by atoms with Crippen LogP contribution in [0.15, 0.2) is 12.1 Å². The van der Waals surface area contributed by atoms with Crippen LogP contribution in [0.2, 0.25) is 0 Å². The molecule has 1 aromatic rings. The van der Waals surface area contributed by atoms with E-state index in [2.05, 4.69) is 4.90 Å². The van der Waals surface area contributed by atoms with Gasteiger partial charge in [0.25, 0.3) is 5.91 Å². The highest BCUT2D eigenvalue weighted by atomic mass is 19.1. The number of halogens is 1. The third-order valence-corrected chi connectivity index (χ3v) is 4.75. The van der Waals surface area contributed by atoms with Gasteiger partial charge in [0, 0.05) is 25.7 Å². The second-order valence-corrected chi connectivity index (χ2v) is 6.21. The van der Waals surface area contributed by atoms with Gasteiger partial charge in [-0.15, -0.1) is 0 Å². The predicted octanol–water partition coefficient (Wildman–Crippen LogP) is 1.39. The Morgan fingerprint density at radius 2 is 1.96 bits per heavy atom. The van der Waals surface area contributed by atoms with Crippen LogP contribution in [0.3, 0.4) is 0 Å². The first-order valence-corrected chi connectivity index (χ1v) is 8.07. The second-order valence-electron chi connectivity index (χ2n) is 6.21. The molecule has 0 N–H and O–H groups in total. The van der Waals surface area contributed by atoms with Gasteiger partial charge in [0.2, 0.25) is 0 Å². The monoisotopic (exact) mass is 338 g/mol. The van der Waals surface area contributed by atoms with Crippen molar-refractivity contribution in [1.82, 2.24) is 9.80 Å². The average Bonchev–Trinajstić information content (AvgIpc) is 2.60. The minimum absolute atomic E-state index is 0.00141. The molecule has 3 rings (SSSR count). The lowest BCUT2D eigenvalue weighted by Crippen LogP contribution is -2.60. The zero-order valence-electron chi connectivity index (χ0n) is 14.3. The van der Waals surface area contributed by atoms with E-state index in [-0.39, 0.29) is 29.4 Å². The average molecular weight is 338 g/mol. The molecule has 2 fully saturated rings. The Labute approximate surface area is 141 Å². The number of methoxy groups -OCH3 is 2. The van der Waals surface area contributed by atoms with Crippen LogP contribution in [0, 0.1) is 5.82 Å². The zero-order valence-corrected chi connectivity index (χ0v) is 14.3. The number of fused-ring (bicyclic) bond motifs is 1. The van der Waals surface area contributed by atoms with Crippen LogP contribution in [0.25, 0.3) is 0 Å². The molecule has 0 spiro atoms. The number of carbonyl (C=O) groups excluding carboxylic acids is 1. The van der Waals surface area contributed by atoms with Crippen LogP contribution < -0.4 is 9.47 Å². The van der Waals surface area contributed by atoms with Gasteiger partial charge in [-0.2, -0.15) is 0 Å². The summed E-state index contributed by atoms with van der Waals surface area (Å²) in [6.45, 7) is 2.60. The van der Waals surface area contributed by atoms with Crippen LogP contribution in [0.4, 0.5) is 4.39 Å². The fraction of sp³-hybridized carbons (Fsp3) is 0.588. The van der Waals surface area contributed by atoms with Crippen molar-refractivity contribution in [3.63, 3.8) is 0 Å². The molecular formula is C17H23FN2O4. The van der Waals surface area contributed by atoms with Crippen LogP contribution in [-0.2, 0) is 4.74 Å². The number of carbonyl (C=O) groups is 1. The van der Waals surface area contributed by atoms with E-state index in [4.69, 9.17) is 14.2 Å². The normalized spacial score (nSPS) is 24.4. The van der Waals surface area contributed by atoms with E-state index in [1.54, 1.807) is 4.90 Å². The standard InChI is InChI=1S/C17H23FN2O4/c1-19-5-4-14-13(10-19)20(6-7-24-14)17(21)11-8-15(22-2)16(23-3)9-12(11)18/h8-9,13-14H,4-7,10H2,1-3H3. The van der Waals surface area contributed by atoms with E-state index in [0.717, 1.165) is 19.5 Å². The predicted molar refractivity (Wildman–Crippen MR) is 86.2 cm³/mol. The van der Waals surface area contributed by atoms with Crippen LogP contribution in [-0.4, -0.2) is 75.4 Å². The highest BCUT2D eigenvalue weighted by molar-refractivity contribution is 5.95. The number of amides is 1. The summed E-state index contributed by atoms with van der Waals surface area (Å²) in [4.78, 5) is 16.9. The highest BCUT2D eigenvalue weighted by Gasteiger charge is 2.39. The number of hydrogen-bond donors (Lipinski definition) is 0. The number of benzene rings is 1. The van der Waals surface area contributed by atoms with Crippen molar-refractivity contribution in [3.8, 4) is 11.5 Å². The topological polar surface area (TPSA) is 51.2 Å². The zero-order chi connectivity index (χ0) is 17.3. The maximum Gasteiger partial charge on any atom is 0.257 e. The molecule has 0 aliphatic carbocycles. The number of piperidine rings is 1. The van der Waals surface area contributed by atoms with Gasteiger partial charge in [-0.3, -0.25) is 4.79 Å². The number of morpholine rings is 1. The van der Waals surface area contributed by atoms with Gasteiger partial charge >= 0.3 is 0 Å². The van der Waals surface area contributed by atoms with Crippen LogP contribution in [0.1, 0.15) is 16.8 Å². The molecule has 2 saturated heterocycles. The van der Waals surface area contributed by atoms with Gasteiger partial charge in [0.05, 0.1) is 38.5 Å². The third-order valence-electron chi connectivity index (χ3n) is 4.75. The summed E-state index contributed by atoms with van der Waals surface area (Å²) in [5, 5.41) is 0. The first kappa shape index (κ1) is 17.0. The number of likely N-dealkylation sites (tertiary alicyclic amines) is 1. The number of likely N-dealkylation sites (N-methyl/N-ethyl adjacent to an activating group) is 1. The molecule has 0 saturated carbocycles. The molecule has 2 atom stereocenters. The minimum Gasteiger partial charge on any atom is -0.493 e. The Bertz CT molecular complexity index is 625. The quantitative estimate of drug-likeness (QED) is 0.834. The van der Waals surface area contributed by atoms with Crippen molar-refractivity contribution in [2.75, 3.05) is 47.5 Å². The first-order chi connectivity index (χ1) is 11.5. The van der Waals surface area contributed by atoms with E-state index in [9.17, 15) is 9.18 Å². The van der Waals surface area contributed by atoms with Crippen molar-refractivity contribution in [2.45, 2.75) is 18.6 Å². The summed E-state index contributed by atoms with van der Waals surface area (Å²) >= 11 is 0. The maximum absolute atomic E-state index is 14.4. The molecule has 7 heteroatoms. The van der Waals surface area contributed by atoms with E-state index < -0.39 is 5.82 Å². The Morgan fingerprint density at radius 1 is 1.25 bits per heavy atom. The number of ether oxygens (including phenoxy) is 3. The van der Waals surface area contributed by atoms with Gasteiger partial charge in [0.1, 0.15) is 5.82 Å². The molecule has 132 valence electrons. The number of nitrogens with zero attached hydrogens (tertiary/aromatic N) is 2. The van der Waals surface area contributed by atoms with Crippen LogP contribution >= 0.6 is 0 Å². The molecule has 0 radical (unpaired) electrons. The van der Waals surface area contributed by atoms with Crippen molar-refractivity contribution >= 4 is 5.91 Å². The lowest BCUT2D eigenvalue weighted by atomic mass is 9.98. The molecular weight excluding hydrogens is 315 g/mol. The summed E-state index contributed by atoms with van der Waals surface area (Å²) in [6, 6.07) is 2.54. The molecule has 2 aliphatic heterocycles. The minimum atomic E-state index is -0.607. The Morgan fingerprint density at radius 3 is 2.67 bits per heavy atom. The maximum atomic E-state index is 14.4. The smallest absolute Gasteiger partial charge is 0.257 e. The fourth-order valence-corrected chi connectivity index (χ4v) is 3.46. The van der Waals surface area contributed by atoms with Gasteiger partial charge in [-0.05, 0) is 19.5 Å². The number of hydrogen-bond acceptors (Lipinski definition) is 5. The highest BCUT2D eigenvalue weighted by Crippen LogP contribution is 2.32. The first-order valence-electron chi connectivity index (χ1n) is 8.07. The van der Waals surface area contributed by atoms with E-state index in [1.807, 2.05) is 7.05 Å². The molecule has 1 amide bonds. The Hall–Kier alpha value is -1.86. The lowest BCUT2D eigenvalue weighted by Gasteiger charge is -2.46. The molecule has 2 aliphatic rings. The van der Waals surface area contributed by atoms with E-state index >= 15 is 0 Å². The molecule has 1 aromatic carbocycles. The van der Waals surface area contributed by atoms with Gasteiger partial charge in [0.15, 0.2) is 11.5 Å². The molecule has 2 unspecified atom stereocenters. The molecule has 0 aromatic heterocycles. The van der Waals surface area contributed by atoms with Crippen LogP contribution in [0.5, 0.6) is 11.5 Å². The van der Waals surface area contributed by atoms with Crippen molar-refractivity contribution < 1.29 is 23.4 Å². The third kappa shape index (κ3) is 3.06. The van der Waals surface area contributed by atoms with Gasteiger partial charge in [-0.25, -0.2) is 4.39 Å². The van der Waals surface area contributed by atoms with Crippen molar-refractivity contribution in [3.05, 3.63) is 23.5 Å². The van der Waals surface area contributed by atoms with Crippen molar-refractivity contribution in [1.29, 1.82) is 0 Å². The lowest BCUT2D eigenvalue weighted by molar-refractivity contribution is -0.0870. The molecule has 0 bridgehead atoms. The Balaban J connectivity index is 1.90. The molecule has 2 heterocycles. The molecule has 6 nitrogen and oxygen atoms in total. The van der Waals surface area contributed by atoms with Crippen molar-refractivity contribution in [2.24, 2.45) is 0 Å². The summed E-state index contributed by atoms with van der Waals surface area (Å²) < 4.78 is 30.5. The largest absolute Gasteiger partial charge is 0.493 e. The fourth-order valence-electron chi connectivity index (χ4n) is 3.46. The Kier molecular flexibility index (Phi) is 4.91. The number of rotatable bonds is 3. The van der Waals surface area contributed by atoms with E-state index in [1.165, 1.54) is 26.4 Å².